The highest BCUT2D eigenvalue weighted by molar-refractivity contribution is 5.74. The summed E-state index contributed by atoms with van der Waals surface area (Å²) in [7, 11) is 0. The Kier molecular flexibility index (Phi) is 7.11. The van der Waals surface area contributed by atoms with E-state index in [4.69, 9.17) is 4.74 Å². The first-order valence-corrected chi connectivity index (χ1v) is 10.9. The Balaban J connectivity index is 1.31. The van der Waals surface area contributed by atoms with E-state index in [0.717, 1.165) is 62.7 Å². The molecule has 3 heterocycles. The Hall–Kier alpha value is -2.97. The largest absolute Gasteiger partial charge is 0.379 e. The number of morpholine rings is 1. The summed E-state index contributed by atoms with van der Waals surface area (Å²) in [6.45, 7) is 7.06. The number of benzene rings is 1. The number of carbonyl (C=O) groups is 1. The van der Waals surface area contributed by atoms with E-state index in [1.807, 2.05) is 28.8 Å². The number of hydrogen-bond acceptors (Lipinski definition) is 5. The van der Waals surface area contributed by atoms with Gasteiger partial charge in [-0.15, -0.1) is 10.2 Å². The molecule has 8 nitrogen and oxygen atoms in total. The SMILES string of the molecule is CCCC(NC(=O)NCc1ccc(CN2CCOCC2)cc1)c1nnc2ccccn12. The summed E-state index contributed by atoms with van der Waals surface area (Å²) in [5.74, 6) is 0.750. The Morgan fingerprint density at radius 1 is 1.10 bits per heavy atom. The van der Waals surface area contributed by atoms with E-state index in [1.54, 1.807) is 0 Å². The van der Waals surface area contributed by atoms with Gasteiger partial charge in [0.1, 0.15) is 0 Å². The zero-order chi connectivity index (χ0) is 21.5. The fraction of sp³-hybridized carbons (Fsp3) is 0.435. The highest BCUT2D eigenvalue weighted by Gasteiger charge is 2.19. The molecule has 1 unspecified atom stereocenters. The molecule has 0 aliphatic carbocycles. The minimum absolute atomic E-state index is 0.196. The zero-order valence-corrected chi connectivity index (χ0v) is 18.0. The predicted molar refractivity (Wildman–Crippen MR) is 119 cm³/mol. The minimum Gasteiger partial charge on any atom is -0.379 e. The third-order valence-electron chi connectivity index (χ3n) is 5.52. The Labute approximate surface area is 182 Å². The van der Waals surface area contributed by atoms with Gasteiger partial charge in [0.15, 0.2) is 11.5 Å². The molecule has 8 heteroatoms. The lowest BCUT2D eigenvalue weighted by Crippen LogP contribution is -2.38. The average Bonchev–Trinajstić information content (AvgIpc) is 3.23. The fourth-order valence-corrected chi connectivity index (χ4v) is 3.82. The summed E-state index contributed by atoms with van der Waals surface area (Å²) >= 11 is 0. The van der Waals surface area contributed by atoms with Crippen LogP contribution in [0.3, 0.4) is 0 Å². The van der Waals surface area contributed by atoms with E-state index in [2.05, 4.69) is 56.9 Å². The molecule has 0 saturated carbocycles. The zero-order valence-electron chi connectivity index (χ0n) is 18.0. The normalized spacial score (nSPS) is 15.6. The van der Waals surface area contributed by atoms with Crippen LogP contribution in [0.1, 0.15) is 42.8 Å². The molecule has 1 aliphatic rings. The molecule has 0 radical (unpaired) electrons. The van der Waals surface area contributed by atoms with Gasteiger partial charge >= 0.3 is 6.03 Å². The third-order valence-corrected chi connectivity index (χ3v) is 5.52. The van der Waals surface area contributed by atoms with Gasteiger partial charge in [0.05, 0.1) is 19.3 Å². The van der Waals surface area contributed by atoms with Crippen molar-refractivity contribution in [3.05, 3.63) is 65.6 Å². The third kappa shape index (κ3) is 5.59. The van der Waals surface area contributed by atoms with Crippen molar-refractivity contribution in [2.75, 3.05) is 26.3 Å². The number of ether oxygens (including phenoxy) is 1. The molecule has 164 valence electrons. The summed E-state index contributed by atoms with van der Waals surface area (Å²) in [5.41, 5.74) is 3.12. The molecular formula is C23H30N6O2. The molecule has 0 spiro atoms. The lowest BCUT2D eigenvalue weighted by molar-refractivity contribution is 0.0342. The second-order valence-corrected chi connectivity index (χ2v) is 7.86. The molecule has 2 aromatic heterocycles. The lowest BCUT2D eigenvalue weighted by Gasteiger charge is -2.26. The van der Waals surface area contributed by atoms with E-state index < -0.39 is 0 Å². The number of hydrogen-bond donors (Lipinski definition) is 2. The van der Waals surface area contributed by atoms with Gasteiger partial charge in [-0.05, 0) is 29.7 Å². The summed E-state index contributed by atoms with van der Waals surface area (Å²) in [6, 6.07) is 13.8. The molecule has 4 rings (SSSR count). The van der Waals surface area contributed by atoms with Gasteiger partial charge in [-0.25, -0.2) is 4.79 Å². The van der Waals surface area contributed by atoms with Crippen molar-refractivity contribution in [3.8, 4) is 0 Å². The minimum atomic E-state index is -0.205. The van der Waals surface area contributed by atoms with Crippen LogP contribution in [-0.2, 0) is 17.8 Å². The molecule has 1 aromatic carbocycles. The average molecular weight is 423 g/mol. The summed E-state index contributed by atoms with van der Waals surface area (Å²) < 4.78 is 7.33. The van der Waals surface area contributed by atoms with Crippen LogP contribution in [0.4, 0.5) is 4.79 Å². The van der Waals surface area contributed by atoms with Gasteiger partial charge < -0.3 is 15.4 Å². The van der Waals surface area contributed by atoms with Crippen molar-refractivity contribution in [2.45, 2.75) is 38.9 Å². The maximum absolute atomic E-state index is 12.6. The number of carbonyl (C=O) groups excluding carboxylic acids is 1. The Bertz CT molecular complexity index is 981. The molecule has 31 heavy (non-hydrogen) atoms. The van der Waals surface area contributed by atoms with Crippen LogP contribution in [0.15, 0.2) is 48.7 Å². The maximum Gasteiger partial charge on any atom is 0.315 e. The molecule has 3 aromatic rings. The van der Waals surface area contributed by atoms with Crippen LogP contribution in [0.2, 0.25) is 0 Å². The number of pyridine rings is 1. The van der Waals surface area contributed by atoms with Gasteiger partial charge in [0.25, 0.3) is 0 Å². The Morgan fingerprint density at radius 2 is 1.87 bits per heavy atom. The lowest BCUT2D eigenvalue weighted by atomic mass is 10.1. The first kappa shape index (κ1) is 21.3. The molecular weight excluding hydrogens is 392 g/mol. The van der Waals surface area contributed by atoms with E-state index in [0.29, 0.717) is 6.54 Å². The van der Waals surface area contributed by atoms with E-state index in [9.17, 15) is 4.79 Å². The molecule has 1 atom stereocenters. The van der Waals surface area contributed by atoms with Crippen molar-refractivity contribution < 1.29 is 9.53 Å². The highest BCUT2D eigenvalue weighted by Crippen LogP contribution is 2.17. The standard InChI is InChI=1S/C23H30N6O2/c1-2-5-20(22-27-26-21-6-3-4-11-29(21)22)25-23(30)24-16-18-7-9-19(10-8-18)17-28-12-14-31-15-13-28/h3-4,6-11,20H,2,5,12-17H2,1H3,(H2,24,25,30). The Morgan fingerprint density at radius 3 is 2.65 bits per heavy atom. The van der Waals surface area contributed by atoms with Crippen LogP contribution >= 0.6 is 0 Å². The van der Waals surface area contributed by atoms with E-state index in [-0.39, 0.29) is 12.1 Å². The van der Waals surface area contributed by atoms with Crippen LogP contribution in [-0.4, -0.2) is 51.8 Å². The number of nitrogens with zero attached hydrogens (tertiary/aromatic N) is 4. The van der Waals surface area contributed by atoms with Gasteiger partial charge in [-0.1, -0.05) is 43.7 Å². The van der Waals surface area contributed by atoms with Crippen molar-refractivity contribution in [2.24, 2.45) is 0 Å². The maximum atomic E-state index is 12.6. The summed E-state index contributed by atoms with van der Waals surface area (Å²) in [5, 5.41) is 14.5. The second-order valence-electron chi connectivity index (χ2n) is 7.86. The van der Waals surface area contributed by atoms with Crippen molar-refractivity contribution in [1.29, 1.82) is 0 Å². The number of rotatable bonds is 8. The number of aromatic nitrogens is 3. The smallest absolute Gasteiger partial charge is 0.315 e. The first-order chi connectivity index (χ1) is 15.2. The highest BCUT2D eigenvalue weighted by atomic mass is 16.5. The van der Waals surface area contributed by atoms with E-state index in [1.165, 1.54) is 5.56 Å². The molecule has 0 bridgehead atoms. The van der Waals surface area contributed by atoms with Crippen LogP contribution < -0.4 is 10.6 Å². The summed E-state index contributed by atoms with van der Waals surface area (Å²) in [6.07, 6.45) is 3.64. The summed E-state index contributed by atoms with van der Waals surface area (Å²) in [4.78, 5) is 15.0. The van der Waals surface area contributed by atoms with Crippen molar-refractivity contribution >= 4 is 11.7 Å². The monoisotopic (exact) mass is 422 g/mol. The van der Waals surface area contributed by atoms with E-state index >= 15 is 0 Å². The van der Waals surface area contributed by atoms with Crippen LogP contribution in [0, 0.1) is 0 Å². The number of urea groups is 1. The van der Waals surface area contributed by atoms with Crippen molar-refractivity contribution in [3.63, 3.8) is 0 Å². The quantitative estimate of drug-likeness (QED) is 0.583. The number of amides is 2. The van der Waals surface area contributed by atoms with Gasteiger partial charge in [-0.3, -0.25) is 9.30 Å². The first-order valence-electron chi connectivity index (χ1n) is 10.9. The predicted octanol–water partition coefficient (Wildman–Crippen LogP) is 2.90. The van der Waals surface area contributed by atoms with Crippen molar-refractivity contribution in [1.82, 2.24) is 30.1 Å². The molecule has 1 saturated heterocycles. The number of fused-ring (bicyclic) bond motifs is 1. The number of nitrogens with one attached hydrogen (secondary N) is 2. The topological polar surface area (TPSA) is 83.8 Å². The van der Waals surface area contributed by atoms with Gasteiger partial charge in [0.2, 0.25) is 0 Å². The van der Waals surface area contributed by atoms with Crippen LogP contribution in [0.25, 0.3) is 5.65 Å². The van der Waals surface area contributed by atoms with Crippen LogP contribution in [0.5, 0.6) is 0 Å². The fourth-order valence-electron chi connectivity index (χ4n) is 3.82. The van der Waals surface area contributed by atoms with Gasteiger partial charge in [0, 0.05) is 32.4 Å². The molecule has 1 aliphatic heterocycles. The molecule has 1 fully saturated rings. The van der Waals surface area contributed by atoms with Gasteiger partial charge in [-0.2, -0.15) is 0 Å². The molecule has 2 amide bonds. The second kappa shape index (κ2) is 10.4. The molecule has 2 N–H and O–H groups in total.